The Morgan fingerprint density at radius 1 is 1.08 bits per heavy atom. The van der Waals surface area contributed by atoms with E-state index in [1.807, 2.05) is 0 Å². The fourth-order valence-corrected chi connectivity index (χ4v) is 3.05. The summed E-state index contributed by atoms with van der Waals surface area (Å²) < 4.78 is 38.3. The van der Waals surface area contributed by atoms with Crippen molar-refractivity contribution in [3.63, 3.8) is 0 Å². The van der Waals surface area contributed by atoms with Crippen LogP contribution in [0.5, 0.6) is 11.5 Å². The number of rotatable bonds is 1. The third kappa shape index (κ3) is 2.91. The van der Waals surface area contributed by atoms with Gasteiger partial charge in [-0.2, -0.15) is 13.2 Å². The molecule has 0 fully saturated rings. The fourth-order valence-electron chi connectivity index (χ4n) is 2.56. The smallest absolute Gasteiger partial charge is 0.416 e. The second-order valence-electron chi connectivity index (χ2n) is 5.41. The van der Waals surface area contributed by atoms with Crippen LogP contribution in [0.4, 0.5) is 13.2 Å². The molecule has 0 unspecified atom stereocenters. The van der Waals surface area contributed by atoms with Crippen LogP contribution in [-0.4, -0.2) is 16.0 Å². The maximum Gasteiger partial charge on any atom is 0.416 e. The minimum Gasteiger partial charge on any atom is -0.504 e. The summed E-state index contributed by atoms with van der Waals surface area (Å²) in [5.41, 5.74) is 0.861. The number of carbonyl (C=O) groups is 1. The van der Waals surface area contributed by atoms with Crippen LogP contribution in [0, 0.1) is 0 Å². The molecular formula is C17H10BrF3O3. The molecule has 1 aliphatic rings. The van der Waals surface area contributed by atoms with Crippen molar-refractivity contribution in [3.05, 3.63) is 62.6 Å². The van der Waals surface area contributed by atoms with Crippen LogP contribution in [0.25, 0.3) is 6.08 Å². The van der Waals surface area contributed by atoms with E-state index in [0.717, 1.165) is 12.1 Å². The molecule has 0 spiro atoms. The Morgan fingerprint density at radius 2 is 1.75 bits per heavy atom. The standard InChI is InChI=1S/C17H10BrF3O3/c18-13-6-11(17(19,20)21)2-1-8(13)3-10-4-9-5-14(22)15(23)7-12(9)16(10)24/h1-3,5-7,22-23H,4H2/b10-3+. The van der Waals surface area contributed by atoms with Gasteiger partial charge < -0.3 is 10.2 Å². The van der Waals surface area contributed by atoms with Gasteiger partial charge in [0.1, 0.15) is 0 Å². The Labute approximate surface area is 143 Å². The number of Topliss-reactive ketones (excluding diaryl/α,β-unsaturated/α-hetero) is 1. The van der Waals surface area contributed by atoms with E-state index < -0.39 is 11.7 Å². The van der Waals surface area contributed by atoms with Gasteiger partial charge in [0.05, 0.1) is 5.56 Å². The minimum absolute atomic E-state index is 0.222. The molecule has 0 aromatic heterocycles. The predicted molar refractivity (Wildman–Crippen MR) is 84.9 cm³/mol. The zero-order chi connectivity index (χ0) is 17.6. The normalized spacial score (nSPS) is 15.8. The Hall–Kier alpha value is -2.28. The summed E-state index contributed by atoms with van der Waals surface area (Å²) >= 11 is 3.09. The summed E-state index contributed by atoms with van der Waals surface area (Å²) in [4.78, 5) is 12.3. The number of benzene rings is 2. The molecule has 1 aliphatic carbocycles. The third-order valence-corrected chi connectivity index (χ3v) is 4.46. The molecule has 0 saturated carbocycles. The summed E-state index contributed by atoms with van der Waals surface area (Å²) in [6.45, 7) is 0. The fraction of sp³-hybridized carbons (Fsp3) is 0.118. The van der Waals surface area contributed by atoms with E-state index in [0.29, 0.717) is 16.7 Å². The topological polar surface area (TPSA) is 57.5 Å². The Morgan fingerprint density at radius 3 is 2.38 bits per heavy atom. The average Bonchev–Trinajstić information content (AvgIpc) is 2.77. The molecule has 0 bridgehead atoms. The highest BCUT2D eigenvalue weighted by molar-refractivity contribution is 9.10. The van der Waals surface area contributed by atoms with E-state index in [1.165, 1.54) is 24.3 Å². The first-order chi connectivity index (χ1) is 11.2. The summed E-state index contributed by atoms with van der Waals surface area (Å²) in [7, 11) is 0. The van der Waals surface area contributed by atoms with E-state index in [4.69, 9.17) is 0 Å². The molecule has 124 valence electrons. The van der Waals surface area contributed by atoms with Crippen molar-refractivity contribution in [3.8, 4) is 11.5 Å². The molecule has 0 saturated heterocycles. The first-order valence-corrected chi connectivity index (χ1v) is 7.63. The molecule has 24 heavy (non-hydrogen) atoms. The van der Waals surface area contributed by atoms with Crippen LogP contribution in [0.15, 0.2) is 40.4 Å². The van der Waals surface area contributed by atoms with Crippen molar-refractivity contribution in [1.29, 1.82) is 0 Å². The maximum absolute atomic E-state index is 12.7. The van der Waals surface area contributed by atoms with Crippen LogP contribution in [-0.2, 0) is 12.6 Å². The quantitative estimate of drug-likeness (QED) is 0.540. The van der Waals surface area contributed by atoms with Crippen molar-refractivity contribution in [1.82, 2.24) is 0 Å². The molecule has 0 aliphatic heterocycles. The van der Waals surface area contributed by atoms with E-state index in [1.54, 1.807) is 0 Å². The van der Waals surface area contributed by atoms with Crippen molar-refractivity contribution in [2.75, 3.05) is 0 Å². The van der Waals surface area contributed by atoms with Crippen LogP contribution in [0.1, 0.15) is 27.0 Å². The summed E-state index contributed by atoms with van der Waals surface area (Å²) in [5, 5.41) is 19.0. The minimum atomic E-state index is -4.44. The molecule has 0 heterocycles. The van der Waals surface area contributed by atoms with Gasteiger partial charge in [-0.1, -0.05) is 22.0 Å². The number of ketones is 1. The van der Waals surface area contributed by atoms with Crippen LogP contribution in [0.3, 0.4) is 0 Å². The van der Waals surface area contributed by atoms with Crippen LogP contribution >= 0.6 is 15.9 Å². The number of aromatic hydroxyl groups is 2. The number of carbonyl (C=O) groups excluding carboxylic acids is 1. The van der Waals surface area contributed by atoms with Gasteiger partial charge in [0.25, 0.3) is 0 Å². The van der Waals surface area contributed by atoms with E-state index in [2.05, 4.69) is 15.9 Å². The number of allylic oxidation sites excluding steroid dienone is 1. The molecule has 0 radical (unpaired) electrons. The van der Waals surface area contributed by atoms with Gasteiger partial charge in [-0.15, -0.1) is 0 Å². The van der Waals surface area contributed by atoms with Gasteiger partial charge >= 0.3 is 6.18 Å². The largest absolute Gasteiger partial charge is 0.504 e. The number of hydrogen-bond donors (Lipinski definition) is 2. The van der Waals surface area contributed by atoms with Crippen molar-refractivity contribution < 1.29 is 28.2 Å². The maximum atomic E-state index is 12.7. The number of hydrogen-bond acceptors (Lipinski definition) is 3. The summed E-state index contributed by atoms with van der Waals surface area (Å²) in [6, 6.07) is 5.68. The Bertz CT molecular complexity index is 885. The lowest BCUT2D eigenvalue weighted by atomic mass is 10.1. The highest BCUT2D eigenvalue weighted by Gasteiger charge is 2.31. The first kappa shape index (κ1) is 16.6. The number of phenols is 2. The molecule has 2 aromatic carbocycles. The lowest BCUT2D eigenvalue weighted by Crippen LogP contribution is -2.04. The zero-order valence-electron chi connectivity index (χ0n) is 12.0. The van der Waals surface area contributed by atoms with Crippen molar-refractivity contribution >= 4 is 27.8 Å². The highest BCUT2D eigenvalue weighted by Crippen LogP contribution is 2.37. The second kappa shape index (κ2) is 5.66. The monoisotopic (exact) mass is 398 g/mol. The Balaban J connectivity index is 1.98. The van der Waals surface area contributed by atoms with E-state index in [-0.39, 0.29) is 33.7 Å². The van der Waals surface area contributed by atoms with Crippen LogP contribution in [0.2, 0.25) is 0 Å². The van der Waals surface area contributed by atoms with Crippen LogP contribution < -0.4 is 0 Å². The number of phenolic OH excluding ortho intramolecular Hbond substituents is 2. The van der Waals surface area contributed by atoms with Gasteiger partial charge in [-0.3, -0.25) is 4.79 Å². The molecule has 7 heteroatoms. The number of alkyl halides is 3. The average molecular weight is 399 g/mol. The molecule has 3 rings (SSSR count). The van der Waals surface area contributed by atoms with E-state index >= 15 is 0 Å². The second-order valence-corrected chi connectivity index (χ2v) is 6.26. The zero-order valence-corrected chi connectivity index (χ0v) is 13.6. The van der Waals surface area contributed by atoms with E-state index in [9.17, 15) is 28.2 Å². The molecule has 2 N–H and O–H groups in total. The molecule has 0 atom stereocenters. The SMILES string of the molecule is O=C1/C(=C/c2ccc(C(F)(F)F)cc2Br)Cc2cc(O)c(O)cc21. The summed E-state index contributed by atoms with van der Waals surface area (Å²) in [6.07, 6.45) is -2.71. The molecule has 3 nitrogen and oxygen atoms in total. The first-order valence-electron chi connectivity index (χ1n) is 6.83. The third-order valence-electron chi connectivity index (χ3n) is 3.78. The summed E-state index contributed by atoms with van der Waals surface area (Å²) in [5.74, 6) is -1.04. The molecule has 2 aromatic rings. The van der Waals surface area contributed by atoms with Gasteiger partial charge in [0.2, 0.25) is 0 Å². The number of halogens is 4. The molecular weight excluding hydrogens is 389 g/mol. The lowest BCUT2D eigenvalue weighted by molar-refractivity contribution is -0.137. The van der Waals surface area contributed by atoms with Crippen molar-refractivity contribution in [2.45, 2.75) is 12.6 Å². The van der Waals surface area contributed by atoms with Gasteiger partial charge in [0, 0.05) is 22.0 Å². The number of fused-ring (bicyclic) bond motifs is 1. The molecule has 0 amide bonds. The van der Waals surface area contributed by atoms with Gasteiger partial charge in [-0.25, -0.2) is 0 Å². The predicted octanol–water partition coefficient (Wildman–Crippen LogP) is 4.70. The highest BCUT2D eigenvalue weighted by atomic mass is 79.9. The lowest BCUT2D eigenvalue weighted by Gasteiger charge is -2.08. The van der Waals surface area contributed by atoms with Crippen molar-refractivity contribution in [2.24, 2.45) is 0 Å². The Kier molecular flexibility index (Phi) is 3.91. The van der Waals surface area contributed by atoms with Gasteiger partial charge in [0.15, 0.2) is 17.3 Å². The van der Waals surface area contributed by atoms with Gasteiger partial charge in [-0.05, 0) is 41.5 Å².